The molecule has 4 rings (SSSR count). The Morgan fingerprint density at radius 2 is 1.78 bits per heavy atom. The Bertz CT molecular complexity index is 1160. The third-order valence-corrected chi connectivity index (χ3v) is 6.71. The third-order valence-electron chi connectivity index (χ3n) is 6.71. The first-order valence-electron chi connectivity index (χ1n) is 11.5. The Balaban J connectivity index is 1.63. The number of aryl methyl sites for hydroxylation is 2. The smallest absolute Gasteiger partial charge is 0.339 e. The summed E-state index contributed by atoms with van der Waals surface area (Å²) in [7, 11) is 0. The lowest BCUT2D eigenvalue weighted by atomic mass is 9.70. The fourth-order valence-electron chi connectivity index (χ4n) is 4.57. The van der Waals surface area contributed by atoms with Crippen molar-refractivity contribution < 1.29 is 14.3 Å². The van der Waals surface area contributed by atoms with Gasteiger partial charge in [-0.1, -0.05) is 70.2 Å². The topological polar surface area (TPSA) is 56.3 Å². The number of para-hydroxylation sites is 1. The molecule has 0 N–H and O–H groups in total. The van der Waals surface area contributed by atoms with Crippen LogP contribution in [0.15, 0.2) is 48.5 Å². The molecule has 0 bridgehead atoms. The van der Waals surface area contributed by atoms with Crippen molar-refractivity contribution in [3.8, 4) is 0 Å². The molecule has 1 aliphatic carbocycles. The van der Waals surface area contributed by atoms with Gasteiger partial charge in [0.05, 0.1) is 11.1 Å². The highest BCUT2D eigenvalue weighted by molar-refractivity contribution is 6.06. The molecule has 0 aliphatic heterocycles. The molecule has 3 aromatic rings. The number of Topliss-reactive ketones (excluding diaryl/α,β-unsaturated/α-hetero) is 1. The van der Waals surface area contributed by atoms with Gasteiger partial charge >= 0.3 is 5.97 Å². The number of rotatable bonds is 5. The van der Waals surface area contributed by atoms with Gasteiger partial charge in [-0.3, -0.25) is 9.78 Å². The van der Waals surface area contributed by atoms with E-state index in [4.69, 9.17) is 9.72 Å². The molecule has 0 unspecified atom stereocenters. The van der Waals surface area contributed by atoms with Gasteiger partial charge in [-0.15, -0.1) is 0 Å². The number of hydrogen-bond donors (Lipinski definition) is 0. The second-order valence-electron chi connectivity index (χ2n) is 9.78. The van der Waals surface area contributed by atoms with Crippen LogP contribution < -0.4 is 0 Å². The van der Waals surface area contributed by atoms with Gasteiger partial charge in [0.2, 0.25) is 0 Å². The van der Waals surface area contributed by atoms with E-state index in [9.17, 15) is 9.59 Å². The van der Waals surface area contributed by atoms with Crippen molar-refractivity contribution in [2.24, 2.45) is 11.3 Å². The van der Waals surface area contributed by atoms with Crippen LogP contribution >= 0.6 is 0 Å². The van der Waals surface area contributed by atoms with Crippen LogP contribution in [0.3, 0.4) is 0 Å². The van der Waals surface area contributed by atoms with Crippen LogP contribution in [-0.2, 0) is 24.0 Å². The molecular weight excluding hydrogens is 398 g/mol. The summed E-state index contributed by atoms with van der Waals surface area (Å²) in [5, 5.41) is 0.797. The van der Waals surface area contributed by atoms with Crippen molar-refractivity contribution in [1.29, 1.82) is 0 Å². The van der Waals surface area contributed by atoms with E-state index in [1.165, 1.54) is 5.56 Å². The number of fused-ring (bicyclic) bond motifs is 2. The van der Waals surface area contributed by atoms with E-state index in [2.05, 4.69) is 27.7 Å². The van der Waals surface area contributed by atoms with E-state index in [1.54, 1.807) is 12.1 Å². The van der Waals surface area contributed by atoms with Crippen molar-refractivity contribution in [2.45, 2.75) is 53.4 Å². The Morgan fingerprint density at radius 3 is 2.47 bits per heavy atom. The van der Waals surface area contributed by atoms with Crippen LogP contribution in [-0.4, -0.2) is 23.3 Å². The lowest BCUT2D eigenvalue weighted by Gasteiger charge is -2.35. The summed E-state index contributed by atoms with van der Waals surface area (Å²) in [5.41, 5.74) is 5.22. The quantitative estimate of drug-likeness (QED) is 0.369. The second kappa shape index (κ2) is 8.85. The highest BCUT2D eigenvalue weighted by Gasteiger charge is 2.33. The van der Waals surface area contributed by atoms with Gasteiger partial charge < -0.3 is 4.74 Å². The zero-order valence-corrected chi connectivity index (χ0v) is 19.4. The van der Waals surface area contributed by atoms with Gasteiger partial charge in [0, 0.05) is 16.6 Å². The maximum atomic E-state index is 13.3. The minimum Gasteiger partial charge on any atom is -0.454 e. The number of ether oxygens (including phenoxy) is 1. The molecule has 2 aromatic carbocycles. The molecule has 4 heteroatoms. The zero-order chi connectivity index (χ0) is 22.9. The molecule has 0 amide bonds. The molecule has 32 heavy (non-hydrogen) atoms. The Hall–Kier alpha value is -3.01. The van der Waals surface area contributed by atoms with Crippen molar-refractivity contribution in [1.82, 2.24) is 4.98 Å². The van der Waals surface area contributed by atoms with E-state index in [0.717, 1.165) is 47.8 Å². The lowest BCUT2D eigenvalue weighted by molar-refractivity contribution is 0.0474. The number of carbonyl (C=O) groups is 2. The van der Waals surface area contributed by atoms with Crippen LogP contribution in [0.4, 0.5) is 0 Å². The third kappa shape index (κ3) is 4.45. The van der Waals surface area contributed by atoms with Gasteiger partial charge in [0.1, 0.15) is 0 Å². The summed E-state index contributed by atoms with van der Waals surface area (Å²) in [4.78, 5) is 30.8. The van der Waals surface area contributed by atoms with Crippen molar-refractivity contribution >= 4 is 22.7 Å². The molecule has 0 saturated carbocycles. The number of carbonyl (C=O) groups excluding carboxylic acids is 2. The van der Waals surface area contributed by atoms with E-state index in [1.807, 2.05) is 36.4 Å². The van der Waals surface area contributed by atoms with Gasteiger partial charge in [-0.05, 0) is 54.2 Å². The molecule has 1 aromatic heterocycles. The Morgan fingerprint density at radius 1 is 1.06 bits per heavy atom. The van der Waals surface area contributed by atoms with E-state index in [0.29, 0.717) is 17.0 Å². The zero-order valence-electron chi connectivity index (χ0n) is 19.4. The first-order valence-corrected chi connectivity index (χ1v) is 11.5. The minimum absolute atomic E-state index is 0.144. The first-order chi connectivity index (χ1) is 15.3. The Kier molecular flexibility index (Phi) is 6.14. The van der Waals surface area contributed by atoms with E-state index >= 15 is 0 Å². The number of pyridine rings is 1. The Labute approximate surface area is 190 Å². The highest BCUT2D eigenvalue weighted by atomic mass is 16.5. The molecule has 0 radical (unpaired) electrons. The summed E-state index contributed by atoms with van der Waals surface area (Å²) in [6.07, 6.45) is 3.63. The number of hydrogen-bond acceptors (Lipinski definition) is 4. The van der Waals surface area contributed by atoms with Crippen LogP contribution in [0.1, 0.15) is 71.7 Å². The molecule has 166 valence electrons. The maximum absolute atomic E-state index is 13.3. The normalized spacial score (nSPS) is 15.9. The van der Waals surface area contributed by atoms with E-state index < -0.39 is 5.97 Å². The van der Waals surface area contributed by atoms with Crippen LogP contribution in [0, 0.1) is 11.3 Å². The van der Waals surface area contributed by atoms with E-state index in [-0.39, 0.29) is 17.8 Å². The molecule has 1 heterocycles. The van der Waals surface area contributed by atoms with Gasteiger partial charge in [-0.25, -0.2) is 4.79 Å². The highest BCUT2D eigenvalue weighted by Crippen LogP contribution is 2.39. The average Bonchev–Trinajstić information content (AvgIpc) is 2.79. The summed E-state index contributed by atoms with van der Waals surface area (Å²) in [5.74, 6) is -0.169. The fourth-order valence-corrected chi connectivity index (χ4v) is 4.57. The average molecular weight is 430 g/mol. The number of benzene rings is 2. The lowest BCUT2D eigenvalue weighted by Crippen LogP contribution is -2.29. The van der Waals surface area contributed by atoms with Crippen LogP contribution in [0.2, 0.25) is 0 Å². The monoisotopic (exact) mass is 429 g/mol. The number of aromatic nitrogens is 1. The predicted molar refractivity (Wildman–Crippen MR) is 127 cm³/mol. The standard InChI is InChI=1S/C28H31NO3/c1-5-18-10-12-19(13-11-18)25(30)17-32-27(31)26-21-8-6-7-9-23(21)29-24-15-14-20(16-22(24)26)28(2,3)4/h6-13,20H,5,14-17H2,1-4H3/t20-/m1/s1. The molecule has 4 nitrogen and oxygen atoms in total. The van der Waals surface area contributed by atoms with Gasteiger partial charge in [-0.2, -0.15) is 0 Å². The summed E-state index contributed by atoms with van der Waals surface area (Å²) in [6.45, 7) is 8.55. The van der Waals surface area contributed by atoms with Crippen molar-refractivity contribution in [3.63, 3.8) is 0 Å². The van der Waals surface area contributed by atoms with Crippen molar-refractivity contribution in [3.05, 3.63) is 76.5 Å². The summed E-state index contributed by atoms with van der Waals surface area (Å²) in [6, 6.07) is 15.2. The maximum Gasteiger partial charge on any atom is 0.339 e. The number of esters is 1. The molecule has 1 aliphatic rings. The van der Waals surface area contributed by atoms with Gasteiger partial charge in [0.15, 0.2) is 12.4 Å². The SMILES string of the molecule is CCc1ccc(C(=O)COC(=O)c2c3c(nc4ccccc24)CC[C@@H](C(C)(C)C)C3)cc1. The number of nitrogens with zero attached hydrogens (tertiary/aromatic N) is 1. The summed E-state index contributed by atoms with van der Waals surface area (Å²) < 4.78 is 5.58. The van der Waals surface area contributed by atoms with Crippen LogP contribution in [0.5, 0.6) is 0 Å². The molecular formula is C28H31NO3. The van der Waals surface area contributed by atoms with Gasteiger partial charge in [0.25, 0.3) is 0 Å². The molecule has 1 atom stereocenters. The predicted octanol–water partition coefficient (Wildman–Crippen LogP) is 5.99. The number of ketones is 1. The summed E-state index contributed by atoms with van der Waals surface area (Å²) >= 11 is 0. The molecule has 0 spiro atoms. The van der Waals surface area contributed by atoms with Crippen molar-refractivity contribution in [2.75, 3.05) is 6.61 Å². The second-order valence-corrected chi connectivity index (χ2v) is 9.78. The first kappa shape index (κ1) is 22.2. The molecule has 0 saturated heterocycles. The largest absolute Gasteiger partial charge is 0.454 e. The fraction of sp³-hybridized carbons (Fsp3) is 0.393. The minimum atomic E-state index is -0.437. The molecule has 0 fully saturated rings. The van der Waals surface area contributed by atoms with Crippen LogP contribution in [0.25, 0.3) is 10.9 Å².